The van der Waals surface area contributed by atoms with Gasteiger partial charge in [0.2, 0.25) is 0 Å². The van der Waals surface area contributed by atoms with Crippen molar-refractivity contribution in [3.63, 3.8) is 0 Å². The predicted octanol–water partition coefficient (Wildman–Crippen LogP) is 4.60. The lowest BCUT2D eigenvalue weighted by atomic mass is 10.1. The number of allylic oxidation sites excluding steroid dienone is 5. The van der Waals surface area contributed by atoms with Crippen LogP contribution in [0.2, 0.25) is 0 Å². The van der Waals surface area contributed by atoms with Crippen molar-refractivity contribution in [3.8, 4) is 0 Å². The zero-order chi connectivity index (χ0) is 18.3. The van der Waals surface area contributed by atoms with Crippen LogP contribution < -0.4 is 5.73 Å². The molecule has 0 aromatic carbocycles. The smallest absolute Gasteiger partial charge is 0.328 e. The highest BCUT2D eigenvalue weighted by Gasteiger charge is 1.90. The highest BCUT2D eigenvalue weighted by molar-refractivity contribution is 5.80. The molecule has 4 N–H and O–H groups in total. The minimum atomic E-state index is -0.909. The third kappa shape index (κ3) is 28.7. The number of aliphatic hydroxyl groups excluding tert-OH is 1. The van der Waals surface area contributed by atoms with Gasteiger partial charge in [0.05, 0.1) is 6.61 Å². The summed E-state index contributed by atoms with van der Waals surface area (Å²) >= 11 is 0. The predicted molar refractivity (Wildman–Crippen MR) is 103 cm³/mol. The number of hydrogen-bond acceptors (Lipinski definition) is 3. The van der Waals surface area contributed by atoms with E-state index in [1.54, 1.807) is 6.08 Å². The number of carboxylic acid groups (broad SMARTS) is 1. The number of carbonyl (C=O) groups is 1. The Morgan fingerprint density at radius 1 is 0.875 bits per heavy atom. The summed E-state index contributed by atoms with van der Waals surface area (Å²) in [7, 11) is 0. The molecule has 0 bridgehead atoms. The highest BCUT2D eigenvalue weighted by Crippen LogP contribution is 2.10. The number of rotatable bonds is 14. The van der Waals surface area contributed by atoms with Crippen molar-refractivity contribution in [3.05, 3.63) is 36.5 Å². The molecule has 0 aromatic heterocycles. The highest BCUT2D eigenvalue weighted by atomic mass is 16.4. The topological polar surface area (TPSA) is 83.5 Å². The molecule has 0 atom stereocenters. The van der Waals surface area contributed by atoms with E-state index in [2.05, 4.69) is 13.0 Å². The summed E-state index contributed by atoms with van der Waals surface area (Å²) in [6.07, 6.45) is 23.7. The minimum absolute atomic E-state index is 0.0972. The minimum Gasteiger partial charge on any atom is -0.478 e. The number of aliphatic carboxylic acids is 1. The Balaban J connectivity index is 0. The van der Waals surface area contributed by atoms with Gasteiger partial charge in [0.25, 0.3) is 0 Å². The number of hydrogen-bond donors (Lipinski definition) is 3. The third-order valence-corrected chi connectivity index (χ3v) is 3.31. The number of carboxylic acids is 1. The van der Waals surface area contributed by atoms with Crippen LogP contribution >= 0.6 is 0 Å². The second-order valence-electron chi connectivity index (χ2n) is 5.64. The molecular weight excluding hydrogens is 302 g/mol. The lowest BCUT2D eigenvalue weighted by molar-refractivity contribution is -0.131. The molecule has 0 fully saturated rings. The van der Waals surface area contributed by atoms with Crippen molar-refractivity contribution in [2.45, 2.75) is 71.1 Å². The maximum Gasteiger partial charge on any atom is 0.328 e. The fourth-order valence-corrected chi connectivity index (χ4v) is 2.01. The van der Waals surface area contributed by atoms with Gasteiger partial charge in [-0.1, -0.05) is 88.7 Å². The van der Waals surface area contributed by atoms with Gasteiger partial charge in [-0.25, -0.2) is 4.79 Å². The van der Waals surface area contributed by atoms with Gasteiger partial charge in [-0.05, 0) is 12.8 Å². The van der Waals surface area contributed by atoms with Crippen LogP contribution in [0.4, 0.5) is 0 Å². The third-order valence-electron chi connectivity index (χ3n) is 3.31. The van der Waals surface area contributed by atoms with Gasteiger partial charge in [0, 0.05) is 12.6 Å². The molecular formula is C20H37NO3. The molecule has 0 saturated heterocycles. The van der Waals surface area contributed by atoms with E-state index in [1.165, 1.54) is 63.9 Å². The van der Waals surface area contributed by atoms with Crippen molar-refractivity contribution >= 4 is 5.97 Å². The van der Waals surface area contributed by atoms with E-state index in [4.69, 9.17) is 15.9 Å². The van der Waals surface area contributed by atoms with Crippen LogP contribution in [0.25, 0.3) is 0 Å². The molecule has 0 rings (SSSR count). The van der Waals surface area contributed by atoms with Crippen LogP contribution in [0.5, 0.6) is 0 Å². The van der Waals surface area contributed by atoms with Gasteiger partial charge < -0.3 is 15.9 Å². The van der Waals surface area contributed by atoms with Crippen molar-refractivity contribution in [1.29, 1.82) is 0 Å². The van der Waals surface area contributed by atoms with Crippen molar-refractivity contribution in [2.75, 3.05) is 13.2 Å². The summed E-state index contributed by atoms with van der Waals surface area (Å²) < 4.78 is 0. The molecule has 140 valence electrons. The molecule has 0 amide bonds. The zero-order valence-corrected chi connectivity index (χ0v) is 15.3. The molecule has 0 aromatic rings. The molecule has 0 radical (unpaired) electrons. The molecule has 0 unspecified atom stereocenters. The molecule has 0 heterocycles. The maximum atomic E-state index is 10.2. The van der Waals surface area contributed by atoms with Crippen molar-refractivity contribution < 1.29 is 15.0 Å². The van der Waals surface area contributed by atoms with Gasteiger partial charge in [-0.2, -0.15) is 0 Å². The Hall–Kier alpha value is -1.39. The average Bonchev–Trinajstić information content (AvgIpc) is 2.58. The second kappa shape index (κ2) is 23.9. The summed E-state index contributed by atoms with van der Waals surface area (Å²) in [6, 6.07) is 0. The van der Waals surface area contributed by atoms with E-state index < -0.39 is 5.97 Å². The average molecular weight is 340 g/mol. The fraction of sp³-hybridized carbons (Fsp3) is 0.650. The van der Waals surface area contributed by atoms with E-state index >= 15 is 0 Å². The van der Waals surface area contributed by atoms with Gasteiger partial charge in [-0.3, -0.25) is 0 Å². The number of nitrogens with two attached hydrogens (primary N) is 1. The number of unbranched alkanes of at least 4 members (excludes halogenated alkanes) is 9. The normalized spacial score (nSPS) is 11.3. The molecule has 0 aliphatic rings. The van der Waals surface area contributed by atoms with E-state index in [0.29, 0.717) is 6.54 Å². The molecule has 0 aliphatic carbocycles. The zero-order valence-electron chi connectivity index (χ0n) is 15.3. The van der Waals surface area contributed by atoms with Crippen LogP contribution in [0.15, 0.2) is 36.5 Å². The SMILES string of the molecule is CCCCCCCCCCCC=CC=CC=CC(=O)O.NCCO. The van der Waals surface area contributed by atoms with Crippen LogP contribution in [-0.4, -0.2) is 29.3 Å². The first-order valence-corrected chi connectivity index (χ1v) is 9.22. The first-order valence-electron chi connectivity index (χ1n) is 9.22. The molecule has 4 heteroatoms. The molecule has 0 spiro atoms. The standard InChI is InChI=1S/C18H30O2.C2H7NO/c1-2-3-4-5-6-7-8-9-10-11-12-13-14-15-16-17-18(19)20;3-1-2-4/h12-17H,2-11H2,1H3,(H,19,20);4H,1-3H2. The Morgan fingerprint density at radius 2 is 1.38 bits per heavy atom. The van der Waals surface area contributed by atoms with Crippen molar-refractivity contribution in [1.82, 2.24) is 0 Å². The van der Waals surface area contributed by atoms with Gasteiger partial charge in [0.1, 0.15) is 0 Å². The lowest BCUT2D eigenvalue weighted by Crippen LogP contribution is -2.02. The van der Waals surface area contributed by atoms with Crippen LogP contribution in [0.1, 0.15) is 71.1 Å². The summed E-state index contributed by atoms with van der Waals surface area (Å²) in [5, 5.41) is 16.1. The lowest BCUT2D eigenvalue weighted by Gasteiger charge is -2.00. The van der Waals surface area contributed by atoms with E-state index in [-0.39, 0.29) is 6.61 Å². The van der Waals surface area contributed by atoms with Gasteiger partial charge >= 0.3 is 5.97 Å². The second-order valence-corrected chi connectivity index (χ2v) is 5.64. The summed E-state index contributed by atoms with van der Waals surface area (Å²) in [4.78, 5) is 10.2. The van der Waals surface area contributed by atoms with Crippen LogP contribution in [0, 0.1) is 0 Å². The largest absolute Gasteiger partial charge is 0.478 e. The van der Waals surface area contributed by atoms with E-state index in [1.807, 2.05) is 12.2 Å². The number of aliphatic hydroxyl groups is 1. The Morgan fingerprint density at radius 3 is 1.88 bits per heavy atom. The first kappa shape index (κ1) is 24.9. The molecule has 24 heavy (non-hydrogen) atoms. The maximum absolute atomic E-state index is 10.2. The fourth-order valence-electron chi connectivity index (χ4n) is 2.01. The summed E-state index contributed by atoms with van der Waals surface area (Å²) in [6.45, 7) is 2.73. The Labute approximate surface area is 148 Å². The van der Waals surface area contributed by atoms with Gasteiger partial charge in [-0.15, -0.1) is 0 Å². The Kier molecular flexibility index (Phi) is 24.7. The Bertz CT molecular complexity index is 334. The van der Waals surface area contributed by atoms with Crippen molar-refractivity contribution in [2.24, 2.45) is 5.73 Å². The molecule has 0 aliphatic heterocycles. The van der Waals surface area contributed by atoms with Crippen LogP contribution in [0.3, 0.4) is 0 Å². The first-order chi connectivity index (χ1) is 11.7. The summed E-state index contributed by atoms with van der Waals surface area (Å²) in [5.74, 6) is -0.909. The monoisotopic (exact) mass is 339 g/mol. The molecule has 0 saturated carbocycles. The molecule has 4 nitrogen and oxygen atoms in total. The quantitative estimate of drug-likeness (QED) is 0.245. The summed E-state index contributed by atoms with van der Waals surface area (Å²) in [5.41, 5.74) is 4.78. The van der Waals surface area contributed by atoms with E-state index in [9.17, 15) is 4.79 Å². The van der Waals surface area contributed by atoms with Gasteiger partial charge in [0.15, 0.2) is 0 Å². The van der Waals surface area contributed by atoms with Crippen LogP contribution in [-0.2, 0) is 4.79 Å². The van der Waals surface area contributed by atoms with E-state index in [0.717, 1.165) is 12.5 Å².